The topological polar surface area (TPSA) is 95.9 Å². The first-order valence-corrected chi connectivity index (χ1v) is 12.4. The molecule has 7 heteroatoms. The molecule has 0 saturated carbocycles. The molecule has 0 aliphatic heterocycles. The van der Waals surface area contributed by atoms with Gasteiger partial charge in [-0.3, -0.25) is 9.32 Å². The van der Waals surface area contributed by atoms with E-state index in [4.69, 9.17) is 9.79 Å². The van der Waals surface area contributed by atoms with Gasteiger partial charge in [-0.25, -0.2) is 4.57 Å². The number of carbonyl (C=O) groups is 1. The molecule has 0 heterocycles. The minimum Gasteiger partial charge on any atom is -0.354 e. The van der Waals surface area contributed by atoms with Crippen molar-refractivity contribution in [2.24, 2.45) is 0 Å². The maximum atomic E-state index is 11.5. The molecule has 0 fully saturated rings. The van der Waals surface area contributed by atoms with Gasteiger partial charge in [-0.1, -0.05) is 79.8 Å². The van der Waals surface area contributed by atoms with Crippen LogP contribution in [0.2, 0.25) is 0 Å². The summed E-state index contributed by atoms with van der Waals surface area (Å²) in [4.78, 5) is 28.5. The van der Waals surface area contributed by atoms with Gasteiger partial charge in [-0.2, -0.15) is 0 Å². The molecule has 0 aromatic carbocycles. The maximum Gasteiger partial charge on any atom is 0.469 e. The molecule has 6 nitrogen and oxygen atoms in total. The van der Waals surface area contributed by atoms with Crippen LogP contribution < -0.4 is 5.32 Å². The van der Waals surface area contributed by atoms with E-state index in [1.807, 2.05) is 12.2 Å². The van der Waals surface area contributed by atoms with Gasteiger partial charge in [0.1, 0.15) is 0 Å². The van der Waals surface area contributed by atoms with Crippen LogP contribution in [0.1, 0.15) is 58.3 Å². The summed E-state index contributed by atoms with van der Waals surface area (Å²) in [6.45, 7) is 2.00. The molecule has 0 atom stereocenters. The van der Waals surface area contributed by atoms with E-state index < -0.39 is 7.82 Å². The van der Waals surface area contributed by atoms with Crippen LogP contribution in [0.5, 0.6) is 0 Å². The lowest BCUT2D eigenvalue weighted by molar-refractivity contribution is -0.121. The van der Waals surface area contributed by atoms with Crippen molar-refractivity contribution in [1.82, 2.24) is 5.32 Å². The molecule has 0 saturated heterocycles. The van der Waals surface area contributed by atoms with Crippen LogP contribution >= 0.6 is 7.82 Å². The van der Waals surface area contributed by atoms with Crippen molar-refractivity contribution < 1.29 is 23.7 Å². The van der Waals surface area contributed by atoms with Gasteiger partial charge in [-0.05, 0) is 44.9 Å². The quantitative estimate of drug-likeness (QED) is 0.141. The van der Waals surface area contributed by atoms with E-state index in [0.29, 0.717) is 12.8 Å². The van der Waals surface area contributed by atoms with Gasteiger partial charge >= 0.3 is 7.82 Å². The predicted molar refractivity (Wildman–Crippen MR) is 128 cm³/mol. The summed E-state index contributed by atoms with van der Waals surface area (Å²) in [7, 11) is -4.46. The van der Waals surface area contributed by atoms with Crippen molar-refractivity contribution in [3.05, 3.63) is 72.9 Å². The smallest absolute Gasteiger partial charge is 0.354 e. The summed E-state index contributed by atoms with van der Waals surface area (Å²) in [5.74, 6) is -0.172. The zero-order valence-electron chi connectivity index (χ0n) is 18.6. The highest BCUT2D eigenvalue weighted by Gasteiger charge is 2.12. The molecule has 0 rings (SSSR count). The van der Waals surface area contributed by atoms with Gasteiger partial charge in [0.2, 0.25) is 5.91 Å². The van der Waals surface area contributed by atoms with E-state index in [1.54, 1.807) is 0 Å². The number of amides is 1. The molecule has 0 radical (unpaired) electrons. The zero-order chi connectivity index (χ0) is 23.0. The number of allylic oxidation sites excluding steroid dienone is 12. The van der Waals surface area contributed by atoms with E-state index >= 15 is 0 Å². The Hall–Kier alpha value is -1.98. The fraction of sp³-hybridized carbons (Fsp3) is 0.458. The summed E-state index contributed by atoms with van der Waals surface area (Å²) in [5.41, 5.74) is 0. The fourth-order valence-electron chi connectivity index (χ4n) is 2.30. The van der Waals surface area contributed by atoms with E-state index in [0.717, 1.165) is 38.5 Å². The third kappa shape index (κ3) is 26.0. The second-order valence-corrected chi connectivity index (χ2v) is 7.87. The molecule has 3 N–H and O–H groups in total. The molecule has 0 unspecified atom stereocenters. The second-order valence-electron chi connectivity index (χ2n) is 6.63. The Balaban J connectivity index is 3.59. The lowest BCUT2D eigenvalue weighted by Gasteiger charge is -2.06. The summed E-state index contributed by atoms with van der Waals surface area (Å²) < 4.78 is 14.7. The van der Waals surface area contributed by atoms with Crippen LogP contribution in [0.3, 0.4) is 0 Å². The monoisotopic (exact) mass is 451 g/mol. The Bertz CT molecular complexity index is 671. The first kappa shape index (κ1) is 29.0. The normalized spacial score (nSPS) is 13.3. The van der Waals surface area contributed by atoms with E-state index in [1.165, 1.54) is 0 Å². The maximum absolute atomic E-state index is 11.5. The van der Waals surface area contributed by atoms with Crippen molar-refractivity contribution in [2.75, 3.05) is 13.2 Å². The lowest BCUT2D eigenvalue weighted by Crippen LogP contribution is -2.26. The number of hydrogen-bond acceptors (Lipinski definition) is 3. The van der Waals surface area contributed by atoms with Crippen LogP contribution in [-0.4, -0.2) is 28.8 Å². The minimum absolute atomic E-state index is 0.0771. The highest BCUT2D eigenvalue weighted by atomic mass is 31.2. The SMILES string of the molecule is CC/C=C\C/C=C\C/C=C\C/C=C\C/C=C\C/C=C\CCC(=O)NCCOP(=O)(O)O. The Morgan fingerprint density at radius 1 is 0.774 bits per heavy atom. The number of phosphoric acid groups is 1. The van der Waals surface area contributed by atoms with E-state index in [-0.39, 0.29) is 19.1 Å². The van der Waals surface area contributed by atoms with Gasteiger partial charge in [0.05, 0.1) is 6.61 Å². The average Bonchev–Trinajstić information content (AvgIpc) is 2.72. The molecular weight excluding hydrogens is 413 g/mol. The molecule has 0 bridgehead atoms. The predicted octanol–water partition coefficient (Wildman–Crippen LogP) is 5.69. The highest BCUT2D eigenvalue weighted by molar-refractivity contribution is 7.46. The minimum atomic E-state index is -4.46. The molecule has 0 aromatic heterocycles. The molecule has 0 aliphatic rings. The van der Waals surface area contributed by atoms with Gasteiger partial charge in [0.15, 0.2) is 0 Å². The van der Waals surface area contributed by atoms with E-state index in [9.17, 15) is 9.36 Å². The molecule has 0 aromatic rings. The second kappa shape index (κ2) is 21.3. The first-order chi connectivity index (χ1) is 15.0. The summed E-state index contributed by atoms with van der Waals surface area (Å²) >= 11 is 0. The molecule has 174 valence electrons. The fourth-order valence-corrected chi connectivity index (χ4v) is 2.63. The number of nitrogens with one attached hydrogen (secondary N) is 1. The van der Waals surface area contributed by atoms with Gasteiger partial charge in [-0.15, -0.1) is 0 Å². The highest BCUT2D eigenvalue weighted by Crippen LogP contribution is 2.35. The van der Waals surface area contributed by atoms with Gasteiger partial charge in [0.25, 0.3) is 0 Å². The lowest BCUT2D eigenvalue weighted by atomic mass is 10.2. The Morgan fingerprint density at radius 2 is 1.19 bits per heavy atom. The molecule has 1 amide bonds. The van der Waals surface area contributed by atoms with Gasteiger partial charge in [0, 0.05) is 13.0 Å². The van der Waals surface area contributed by atoms with Crippen molar-refractivity contribution in [2.45, 2.75) is 58.3 Å². The third-order valence-electron chi connectivity index (χ3n) is 3.82. The summed E-state index contributed by atoms with van der Waals surface area (Å²) in [6, 6.07) is 0. The average molecular weight is 452 g/mol. The number of carbonyl (C=O) groups excluding carboxylic acids is 1. The summed E-state index contributed by atoms with van der Waals surface area (Å²) in [5, 5.41) is 2.54. The van der Waals surface area contributed by atoms with E-state index in [2.05, 4.69) is 77.5 Å². The van der Waals surface area contributed by atoms with Crippen molar-refractivity contribution in [1.29, 1.82) is 0 Å². The molecule has 0 aliphatic carbocycles. The molecular formula is C24H38NO5P. The van der Waals surface area contributed by atoms with Crippen LogP contribution in [-0.2, 0) is 13.9 Å². The van der Waals surface area contributed by atoms with Crippen LogP contribution in [0.15, 0.2) is 72.9 Å². The number of rotatable bonds is 18. The molecule has 0 spiro atoms. The first-order valence-electron chi connectivity index (χ1n) is 10.8. The van der Waals surface area contributed by atoms with Crippen LogP contribution in [0.25, 0.3) is 0 Å². The summed E-state index contributed by atoms with van der Waals surface area (Å²) in [6.07, 6.45) is 32.3. The molecule has 31 heavy (non-hydrogen) atoms. The largest absolute Gasteiger partial charge is 0.469 e. The standard InChI is InChI=1S/C24H38NO5P/c1-2-3-4-5-6-7-8-9-10-11-12-13-14-15-16-17-18-19-20-21-24(26)25-22-23-30-31(27,28)29/h3-4,6-7,9-10,12-13,15-16,18-19H,2,5,8,11,14,17,20-23H2,1H3,(H,25,26)(H2,27,28,29)/b4-3-,7-6-,10-9-,13-12-,16-15-,19-18-. The van der Waals surface area contributed by atoms with Crippen molar-refractivity contribution in [3.63, 3.8) is 0 Å². The van der Waals surface area contributed by atoms with Crippen molar-refractivity contribution in [3.8, 4) is 0 Å². The van der Waals surface area contributed by atoms with Crippen molar-refractivity contribution >= 4 is 13.7 Å². The van der Waals surface area contributed by atoms with Crippen LogP contribution in [0.4, 0.5) is 0 Å². The Labute approximate surface area is 187 Å². The Morgan fingerprint density at radius 3 is 1.61 bits per heavy atom. The number of phosphoric ester groups is 1. The zero-order valence-corrected chi connectivity index (χ0v) is 19.5. The van der Waals surface area contributed by atoms with Gasteiger partial charge < -0.3 is 15.1 Å². The number of hydrogen-bond donors (Lipinski definition) is 3. The van der Waals surface area contributed by atoms with Crippen LogP contribution in [0, 0.1) is 0 Å². The third-order valence-corrected chi connectivity index (χ3v) is 4.34. The Kier molecular flexibility index (Phi) is 19.9.